The Morgan fingerprint density at radius 1 is 1.65 bits per heavy atom. The number of hydrogen-bond donors (Lipinski definition) is 4. The predicted molar refractivity (Wildman–Crippen MR) is 73.9 cm³/mol. The van der Waals surface area contributed by atoms with E-state index in [2.05, 4.69) is 20.3 Å². The quantitative estimate of drug-likeness (QED) is 0.293. The summed E-state index contributed by atoms with van der Waals surface area (Å²) in [6.07, 6.45) is -3.67. The van der Waals surface area contributed by atoms with Crippen LogP contribution in [-0.4, -0.2) is 55.3 Å². The molecule has 0 saturated carbocycles. The van der Waals surface area contributed by atoms with Crippen molar-refractivity contribution >= 4 is 11.7 Å². The van der Waals surface area contributed by atoms with Crippen LogP contribution in [0.25, 0.3) is 10.4 Å². The second-order valence-electron chi connectivity index (χ2n) is 4.82. The van der Waals surface area contributed by atoms with E-state index < -0.39 is 42.4 Å². The van der Waals surface area contributed by atoms with Gasteiger partial charge in [-0.3, -0.25) is 9.36 Å². The molecule has 0 spiro atoms. The fourth-order valence-corrected chi connectivity index (χ4v) is 2.17. The second kappa shape index (κ2) is 6.32. The predicted octanol–water partition coefficient (Wildman–Crippen LogP) is -1.55. The molecule has 1 fully saturated rings. The summed E-state index contributed by atoms with van der Waals surface area (Å²) in [7, 11) is 0. The topological polar surface area (TPSA) is 183 Å². The standard InChI is InChI=1S/C11H14N6O6/c1-5(19)13-6-2-3-17(10(22)14-6)9-7(20)8(21)11(4-18,23-9)15-16-12/h2-3,7-9,18,20-21H,4H2,1H3,(H,13,14,19,22). The van der Waals surface area contributed by atoms with Gasteiger partial charge >= 0.3 is 5.69 Å². The Bertz CT molecular complexity index is 715. The molecular formula is C11H14N6O6. The van der Waals surface area contributed by atoms with Crippen LogP contribution in [0.2, 0.25) is 0 Å². The van der Waals surface area contributed by atoms with Gasteiger partial charge in [-0.15, -0.1) is 0 Å². The van der Waals surface area contributed by atoms with Gasteiger partial charge in [0.25, 0.3) is 0 Å². The average molecular weight is 326 g/mol. The molecule has 4 atom stereocenters. The summed E-state index contributed by atoms with van der Waals surface area (Å²) in [5.41, 5.74) is 5.51. The van der Waals surface area contributed by atoms with Gasteiger partial charge in [0.05, 0.1) is 6.61 Å². The van der Waals surface area contributed by atoms with Gasteiger partial charge in [0, 0.05) is 18.0 Å². The first-order chi connectivity index (χ1) is 10.8. The number of azide groups is 1. The summed E-state index contributed by atoms with van der Waals surface area (Å²) in [6.45, 7) is 0.334. The first-order valence-electron chi connectivity index (χ1n) is 6.42. The fraction of sp³-hybridized carbons (Fsp3) is 0.545. The third-order valence-electron chi connectivity index (χ3n) is 3.25. The van der Waals surface area contributed by atoms with Gasteiger partial charge in [-0.05, 0) is 11.6 Å². The number of anilines is 1. The number of rotatable bonds is 4. The van der Waals surface area contributed by atoms with Gasteiger partial charge < -0.3 is 25.4 Å². The number of nitrogens with one attached hydrogen (secondary N) is 1. The molecule has 1 aromatic rings. The van der Waals surface area contributed by atoms with Gasteiger partial charge in [0.2, 0.25) is 11.6 Å². The lowest BCUT2D eigenvalue weighted by Crippen LogP contribution is -2.44. The summed E-state index contributed by atoms with van der Waals surface area (Å²) in [5, 5.41) is 34.7. The van der Waals surface area contributed by atoms with Crippen molar-refractivity contribution in [3.05, 3.63) is 33.2 Å². The molecule has 12 heteroatoms. The van der Waals surface area contributed by atoms with Crippen molar-refractivity contribution in [3.63, 3.8) is 0 Å². The Labute approximate surface area is 128 Å². The minimum atomic E-state index is -2.12. The van der Waals surface area contributed by atoms with Gasteiger partial charge in [0.1, 0.15) is 18.0 Å². The Hall–Kier alpha value is -2.50. The van der Waals surface area contributed by atoms with Crippen molar-refractivity contribution < 1.29 is 24.9 Å². The number of nitrogens with zero attached hydrogens (tertiary/aromatic N) is 5. The third-order valence-corrected chi connectivity index (χ3v) is 3.25. The first-order valence-corrected chi connectivity index (χ1v) is 6.42. The van der Waals surface area contributed by atoms with Gasteiger partial charge in [-0.2, -0.15) is 4.98 Å². The molecule has 12 nitrogen and oxygen atoms in total. The molecular weight excluding hydrogens is 312 g/mol. The van der Waals surface area contributed by atoms with Crippen molar-refractivity contribution in [3.8, 4) is 0 Å². The van der Waals surface area contributed by atoms with E-state index >= 15 is 0 Å². The number of aliphatic hydroxyl groups excluding tert-OH is 3. The van der Waals surface area contributed by atoms with E-state index in [1.165, 1.54) is 19.2 Å². The van der Waals surface area contributed by atoms with E-state index in [0.717, 1.165) is 4.57 Å². The molecule has 23 heavy (non-hydrogen) atoms. The van der Waals surface area contributed by atoms with E-state index in [9.17, 15) is 24.9 Å². The lowest BCUT2D eigenvalue weighted by molar-refractivity contribution is -0.125. The summed E-state index contributed by atoms with van der Waals surface area (Å²) in [6, 6.07) is 1.28. The molecule has 1 saturated heterocycles. The zero-order chi connectivity index (χ0) is 17.2. The molecule has 2 heterocycles. The van der Waals surface area contributed by atoms with Crippen LogP contribution in [0, 0.1) is 0 Å². The van der Waals surface area contributed by atoms with Crippen molar-refractivity contribution in [2.24, 2.45) is 5.11 Å². The Balaban J connectivity index is 2.37. The first kappa shape index (κ1) is 16.9. The SMILES string of the molecule is CC(=O)Nc1ccn(C2OC(CO)(N=[N+]=[N-])C(O)C2O)c(=O)n1. The Morgan fingerprint density at radius 2 is 2.35 bits per heavy atom. The number of ether oxygens (including phenoxy) is 1. The van der Waals surface area contributed by atoms with Gasteiger partial charge in [-0.1, -0.05) is 5.11 Å². The zero-order valence-electron chi connectivity index (χ0n) is 11.9. The molecule has 2 rings (SSSR count). The molecule has 0 radical (unpaired) electrons. The second-order valence-corrected chi connectivity index (χ2v) is 4.82. The summed E-state index contributed by atoms with van der Waals surface area (Å²) < 4.78 is 6.05. The lowest BCUT2D eigenvalue weighted by Gasteiger charge is -2.23. The maximum Gasteiger partial charge on any atom is 0.351 e. The van der Waals surface area contributed by atoms with Crippen molar-refractivity contribution in [1.29, 1.82) is 0 Å². The highest BCUT2D eigenvalue weighted by Gasteiger charge is 2.54. The largest absolute Gasteiger partial charge is 0.393 e. The van der Waals surface area contributed by atoms with Crippen LogP contribution in [0.3, 0.4) is 0 Å². The van der Waals surface area contributed by atoms with Crippen LogP contribution in [0.15, 0.2) is 22.2 Å². The average Bonchev–Trinajstić information content (AvgIpc) is 2.73. The highest BCUT2D eigenvalue weighted by molar-refractivity contribution is 5.87. The van der Waals surface area contributed by atoms with E-state index in [-0.39, 0.29) is 5.82 Å². The molecule has 124 valence electrons. The molecule has 1 aliphatic heterocycles. The van der Waals surface area contributed by atoms with Crippen LogP contribution < -0.4 is 11.0 Å². The van der Waals surface area contributed by atoms with Crippen LogP contribution >= 0.6 is 0 Å². The van der Waals surface area contributed by atoms with Crippen molar-refractivity contribution in [2.45, 2.75) is 31.1 Å². The van der Waals surface area contributed by atoms with Crippen LogP contribution in [0.5, 0.6) is 0 Å². The third kappa shape index (κ3) is 3.02. The minimum Gasteiger partial charge on any atom is -0.393 e. The maximum absolute atomic E-state index is 12.0. The van der Waals surface area contributed by atoms with E-state index in [1.54, 1.807) is 0 Å². The van der Waals surface area contributed by atoms with E-state index in [0.29, 0.717) is 0 Å². The van der Waals surface area contributed by atoms with E-state index in [1.807, 2.05) is 0 Å². The van der Waals surface area contributed by atoms with Crippen LogP contribution in [-0.2, 0) is 9.53 Å². The molecule has 1 aromatic heterocycles. The van der Waals surface area contributed by atoms with Crippen LogP contribution in [0.1, 0.15) is 13.2 Å². The normalized spacial score (nSPS) is 29.8. The number of hydrogen-bond acceptors (Lipinski definition) is 8. The number of aromatic nitrogens is 2. The Morgan fingerprint density at radius 3 is 2.87 bits per heavy atom. The number of carbonyl (C=O) groups is 1. The fourth-order valence-electron chi connectivity index (χ4n) is 2.17. The smallest absolute Gasteiger partial charge is 0.351 e. The Kier molecular flexibility index (Phi) is 4.63. The monoisotopic (exact) mass is 326 g/mol. The zero-order valence-corrected chi connectivity index (χ0v) is 11.9. The molecule has 0 aliphatic carbocycles. The summed E-state index contributed by atoms with van der Waals surface area (Å²) in [5.74, 6) is -0.430. The number of amides is 1. The van der Waals surface area contributed by atoms with Gasteiger partial charge in [0.15, 0.2) is 6.23 Å². The summed E-state index contributed by atoms with van der Waals surface area (Å²) in [4.78, 5) is 28.9. The molecule has 0 aromatic carbocycles. The van der Waals surface area contributed by atoms with Crippen molar-refractivity contribution in [2.75, 3.05) is 11.9 Å². The molecule has 1 amide bonds. The highest BCUT2D eigenvalue weighted by atomic mass is 16.6. The highest BCUT2D eigenvalue weighted by Crippen LogP contribution is 2.37. The van der Waals surface area contributed by atoms with Gasteiger partial charge in [-0.25, -0.2) is 4.79 Å². The maximum atomic E-state index is 12.0. The van der Waals surface area contributed by atoms with Crippen LogP contribution in [0.4, 0.5) is 5.82 Å². The van der Waals surface area contributed by atoms with E-state index in [4.69, 9.17) is 10.3 Å². The molecule has 1 aliphatic rings. The molecule has 0 bridgehead atoms. The molecule has 4 unspecified atom stereocenters. The minimum absolute atomic E-state index is 0.00440. The number of aliphatic hydroxyl groups is 3. The summed E-state index contributed by atoms with van der Waals surface area (Å²) >= 11 is 0. The lowest BCUT2D eigenvalue weighted by atomic mass is 10.1. The number of carbonyl (C=O) groups excluding carboxylic acids is 1. The molecule has 4 N–H and O–H groups in total. The van der Waals surface area contributed by atoms with Crippen molar-refractivity contribution in [1.82, 2.24) is 9.55 Å².